The molecule has 0 aliphatic carbocycles. The Labute approximate surface area is 104 Å². The Morgan fingerprint density at radius 1 is 1.39 bits per heavy atom. The monoisotopic (exact) mass is 268 g/mol. The van der Waals surface area contributed by atoms with E-state index < -0.39 is 10.0 Å². The molecule has 0 unspecified atom stereocenters. The van der Waals surface area contributed by atoms with Crippen LogP contribution in [0, 0.1) is 6.92 Å². The van der Waals surface area contributed by atoms with Gasteiger partial charge in [-0.15, -0.1) is 0 Å². The summed E-state index contributed by atoms with van der Waals surface area (Å²) >= 11 is 0. The van der Waals surface area contributed by atoms with E-state index in [1.165, 1.54) is 19.5 Å². The molecule has 1 heterocycles. The number of aryl methyl sites for hydroxylation is 1. The molecule has 0 atom stereocenters. The molecule has 0 radical (unpaired) electrons. The SMILES string of the molecule is COc1ccc(C)cc1S(=O)(=O)Nc1ncn[nH]1. The third kappa shape index (κ3) is 2.43. The third-order valence-electron chi connectivity index (χ3n) is 2.25. The summed E-state index contributed by atoms with van der Waals surface area (Å²) in [4.78, 5) is 3.76. The van der Waals surface area contributed by atoms with Crippen LogP contribution in [-0.2, 0) is 10.0 Å². The molecule has 0 aliphatic heterocycles. The molecule has 18 heavy (non-hydrogen) atoms. The van der Waals surface area contributed by atoms with Crippen molar-refractivity contribution in [1.82, 2.24) is 15.2 Å². The van der Waals surface area contributed by atoms with Gasteiger partial charge in [-0.25, -0.2) is 18.2 Å². The summed E-state index contributed by atoms with van der Waals surface area (Å²) < 4.78 is 31.6. The summed E-state index contributed by atoms with van der Waals surface area (Å²) in [6, 6.07) is 4.90. The highest BCUT2D eigenvalue weighted by Crippen LogP contribution is 2.25. The highest BCUT2D eigenvalue weighted by atomic mass is 32.2. The summed E-state index contributed by atoms with van der Waals surface area (Å²) in [5, 5.41) is 5.99. The molecule has 0 amide bonds. The minimum atomic E-state index is -3.76. The lowest BCUT2D eigenvalue weighted by Gasteiger charge is -2.10. The Morgan fingerprint density at radius 3 is 2.78 bits per heavy atom. The molecule has 2 rings (SSSR count). The molecule has 1 aromatic carbocycles. The van der Waals surface area contributed by atoms with Gasteiger partial charge in [-0.1, -0.05) is 6.07 Å². The molecule has 0 bridgehead atoms. The number of benzene rings is 1. The first-order valence-electron chi connectivity index (χ1n) is 5.06. The van der Waals surface area contributed by atoms with E-state index in [1.807, 2.05) is 0 Å². The number of nitrogens with zero attached hydrogens (tertiary/aromatic N) is 2. The van der Waals surface area contributed by atoms with Crippen molar-refractivity contribution in [1.29, 1.82) is 0 Å². The van der Waals surface area contributed by atoms with Crippen molar-refractivity contribution in [2.24, 2.45) is 0 Å². The first-order chi connectivity index (χ1) is 8.53. The summed E-state index contributed by atoms with van der Waals surface area (Å²) in [5.74, 6) is 0.325. The van der Waals surface area contributed by atoms with Crippen LogP contribution in [0.5, 0.6) is 5.75 Å². The third-order valence-corrected chi connectivity index (χ3v) is 3.61. The Morgan fingerprint density at radius 2 is 2.17 bits per heavy atom. The average molecular weight is 268 g/mol. The zero-order valence-corrected chi connectivity index (χ0v) is 10.7. The van der Waals surface area contributed by atoms with Crippen molar-refractivity contribution >= 4 is 16.0 Å². The number of methoxy groups -OCH3 is 1. The first kappa shape index (κ1) is 12.4. The first-order valence-corrected chi connectivity index (χ1v) is 6.54. The van der Waals surface area contributed by atoms with Gasteiger partial charge >= 0.3 is 0 Å². The highest BCUT2D eigenvalue weighted by Gasteiger charge is 2.20. The van der Waals surface area contributed by atoms with E-state index in [2.05, 4.69) is 19.9 Å². The quantitative estimate of drug-likeness (QED) is 0.859. The molecule has 7 nitrogen and oxygen atoms in total. The van der Waals surface area contributed by atoms with Gasteiger partial charge in [0, 0.05) is 0 Å². The van der Waals surface area contributed by atoms with E-state index in [0.29, 0.717) is 0 Å². The predicted octanol–water partition coefficient (Wildman–Crippen LogP) is 0.923. The number of ether oxygens (including phenoxy) is 1. The summed E-state index contributed by atoms with van der Waals surface area (Å²) in [5.41, 5.74) is 0.814. The van der Waals surface area contributed by atoms with Crippen LogP contribution in [0.1, 0.15) is 5.56 Å². The van der Waals surface area contributed by atoms with Crippen molar-refractivity contribution in [3.8, 4) is 5.75 Å². The topological polar surface area (TPSA) is 97.0 Å². The zero-order chi connectivity index (χ0) is 13.2. The maximum Gasteiger partial charge on any atom is 0.267 e. The van der Waals surface area contributed by atoms with Gasteiger partial charge in [-0.05, 0) is 24.6 Å². The van der Waals surface area contributed by atoms with E-state index in [1.54, 1.807) is 19.1 Å². The fraction of sp³-hybridized carbons (Fsp3) is 0.200. The summed E-state index contributed by atoms with van der Waals surface area (Å²) in [7, 11) is -2.34. The maximum atomic E-state index is 12.2. The number of hydrogen-bond acceptors (Lipinski definition) is 5. The van der Waals surface area contributed by atoms with Crippen LogP contribution in [0.25, 0.3) is 0 Å². The smallest absolute Gasteiger partial charge is 0.267 e. The minimum Gasteiger partial charge on any atom is -0.495 e. The number of aromatic nitrogens is 3. The van der Waals surface area contributed by atoms with Gasteiger partial charge < -0.3 is 4.74 Å². The van der Waals surface area contributed by atoms with Gasteiger partial charge in [0.25, 0.3) is 10.0 Å². The highest BCUT2D eigenvalue weighted by molar-refractivity contribution is 7.92. The summed E-state index contributed by atoms with van der Waals surface area (Å²) in [6.45, 7) is 1.80. The van der Waals surface area contributed by atoms with Gasteiger partial charge in [-0.3, -0.25) is 0 Å². The van der Waals surface area contributed by atoms with Crippen LogP contribution < -0.4 is 9.46 Å². The molecule has 8 heteroatoms. The molecular formula is C10H12N4O3S. The van der Waals surface area contributed by atoms with Crippen LogP contribution >= 0.6 is 0 Å². The van der Waals surface area contributed by atoms with Crippen molar-refractivity contribution in [3.63, 3.8) is 0 Å². The Kier molecular flexibility index (Phi) is 3.19. The molecule has 0 saturated heterocycles. The number of nitrogens with one attached hydrogen (secondary N) is 2. The van der Waals surface area contributed by atoms with E-state index in [-0.39, 0.29) is 16.6 Å². The normalized spacial score (nSPS) is 11.2. The van der Waals surface area contributed by atoms with Crippen molar-refractivity contribution in [3.05, 3.63) is 30.1 Å². The van der Waals surface area contributed by atoms with Crippen molar-refractivity contribution < 1.29 is 13.2 Å². The van der Waals surface area contributed by atoms with Crippen LogP contribution in [0.15, 0.2) is 29.4 Å². The van der Waals surface area contributed by atoms with Crippen LogP contribution in [0.3, 0.4) is 0 Å². The predicted molar refractivity (Wildman–Crippen MR) is 64.9 cm³/mol. The molecule has 0 spiro atoms. The second-order valence-electron chi connectivity index (χ2n) is 3.59. The van der Waals surface area contributed by atoms with E-state index in [9.17, 15) is 8.42 Å². The van der Waals surface area contributed by atoms with Crippen LogP contribution in [-0.4, -0.2) is 30.7 Å². The number of H-pyrrole nitrogens is 1. The molecular weight excluding hydrogens is 256 g/mol. The van der Waals surface area contributed by atoms with E-state index in [4.69, 9.17) is 4.74 Å². The lowest BCUT2D eigenvalue weighted by Crippen LogP contribution is -2.15. The van der Waals surface area contributed by atoms with Gasteiger partial charge in [0.1, 0.15) is 17.0 Å². The van der Waals surface area contributed by atoms with Crippen molar-refractivity contribution in [2.45, 2.75) is 11.8 Å². The number of sulfonamides is 1. The fourth-order valence-electron chi connectivity index (χ4n) is 1.43. The molecule has 0 fully saturated rings. The molecule has 2 aromatic rings. The molecule has 0 aliphatic rings. The van der Waals surface area contributed by atoms with Gasteiger partial charge in [0.05, 0.1) is 7.11 Å². The van der Waals surface area contributed by atoms with Gasteiger partial charge in [0.2, 0.25) is 5.95 Å². The molecule has 2 N–H and O–H groups in total. The fourth-order valence-corrected chi connectivity index (χ4v) is 2.65. The number of aromatic amines is 1. The average Bonchev–Trinajstić information content (AvgIpc) is 2.81. The van der Waals surface area contributed by atoms with E-state index >= 15 is 0 Å². The van der Waals surface area contributed by atoms with Crippen LogP contribution in [0.4, 0.5) is 5.95 Å². The minimum absolute atomic E-state index is 0.0542. The van der Waals surface area contributed by atoms with Crippen LogP contribution in [0.2, 0.25) is 0 Å². The number of anilines is 1. The molecule has 0 saturated carbocycles. The standard InChI is InChI=1S/C10H12N4O3S/c1-7-3-4-8(17-2)9(5-7)18(15,16)14-10-11-6-12-13-10/h3-6H,1-2H3,(H2,11,12,13,14). The lowest BCUT2D eigenvalue weighted by atomic mass is 10.2. The lowest BCUT2D eigenvalue weighted by molar-refractivity contribution is 0.402. The largest absolute Gasteiger partial charge is 0.495 e. The summed E-state index contributed by atoms with van der Waals surface area (Å²) in [6.07, 6.45) is 1.21. The van der Waals surface area contributed by atoms with Gasteiger partial charge in [0.15, 0.2) is 0 Å². The Balaban J connectivity index is 2.43. The maximum absolute atomic E-state index is 12.2. The van der Waals surface area contributed by atoms with E-state index in [0.717, 1.165) is 5.56 Å². The molecule has 96 valence electrons. The van der Waals surface area contributed by atoms with Gasteiger partial charge in [-0.2, -0.15) is 10.1 Å². The second-order valence-corrected chi connectivity index (χ2v) is 5.24. The Hall–Kier alpha value is -2.09. The molecule has 1 aromatic heterocycles. The number of hydrogen-bond donors (Lipinski definition) is 2. The second kappa shape index (κ2) is 4.65. The zero-order valence-electron chi connectivity index (χ0n) is 9.84. The van der Waals surface area contributed by atoms with Crippen molar-refractivity contribution in [2.75, 3.05) is 11.8 Å². The Bertz CT molecular complexity index is 637. The number of rotatable bonds is 4.